The van der Waals surface area contributed by atoms with Crippen LogP contribution in [0.1, 0.15) is 53.8 Å². The second kappa shape index (κ2) is 13.4. The summed E-state index contributed by atoms with van der Waals surface area (Å²) in [5.41, 5.74) is 0.738. The molecule has 1 aliphatic rings. The molecule has 1 atom stereocenters. The van der Waals surface area contributed by atoms with Crippen LogP contribution in [0.25, 0.3) is 0 Å². The lowest BCUT2D eigenvalue weighted by atomic mass is 10.2. The van der Waals surface area contributed by atoms with Gasteiger partial charge in [0.1, 0.15) is 17.2 Å². The summed E-state index contributed by atoms with van der Waals surface area (Å²) in [5, 5.41) is 0. The molecule has 12 heteroatoms. The average Bonchev–Trinajstić information content (AvgIpc) is 3.33. The van der Waals surface area contributed by atoms with Gasteiger partial charge >= 0.3 is 18.1 Å². The third-order valence-electron chi connectivity index (χ3n) is 6.45. The van der Waals surface area contributed by atoms with E-state index in [2.05, 4.69) is 0 Å². The van der Waals surface area contributed by atoms with Gasteiger partial charge in [0.05, 0.1) is 23.4 Å². The number of nitrogens with zero attached hydrogens (tertiary/aromatic N) is 1. The molecular weight excluding hydrogens is 583 g/mol. The van der Waals surface area contributed by atoms with E-state index in [1.807, 2.05) is 0 Å². The summed E-state index contributed by atoms with van der Waals surface area (Å²) in [5.74, 6) is -2.78. The van der Waals surface area contributed by atoms with Crippen LogP contribution in [0.3, 0.4) is 0 Å². The molecule has 3 aromatic carbocycles. The third-order valence-corrected chi connectivity index (χ3v) is 6.45. The first-order chi connectivity index (χ1) is 20.9. The molecule has 0 aliphatic carbocycles. The number of amides is 2. The lowest BCUT2D eigenvalue weighted by Gasteiger charge is -2.29. The van der Waals surface area contributed by atoms with E-state index in [-0.39, 0.29) is 29.9 Å². The molecule has 4 rings (SSSR count). The highest BCUT2D eigenvalue weighted by Gasteiger charge is 2.31. The minimum atomic E-state index is -4.24. The first-order valence-electron chi connectivity index (χ1n) is 13.6. The fraction of sp³-hybridized carbons (Fsp3) is 0.250. The molecule has 0 N–H and O–H groups in total. The van der Waals surface area contributed by atoms with Gasteiger partial charge in [-0.25, -0.2) is 14.5 Å². The third kappa shape index (κ3) is 8.46. The molecule has 0 spiro atoms. The maximum atomic E-state index is 12.9. The van der Waals surface area contributed by atoms with Gasteiger partial charge in [0.15, 0.2) is 0 Å². The van der Waals surface area contributed by atoms with E-state index in [4.69, 9.17) is 18.9 Å². The van der Waals surface area contributed by atoms with Crippen molar-refractivity contribution in [3.8, 4) is 17.2 Å². The largest absolute Gasteiger partial charge is 0.494 e. The number of esters is 2. The zero-order valence-electron chi connectivity index (χ0n) is 23.8. The van der Waals surface area contributed by atoms with E-state index < -0.39 is 42.1 Å². The SMILES string of the molecule is CCC(C)(OC(=O)c1ccc(OC(=O)c2ccc(OCCCC(F)(F)F)cc2)cc1)Oc1ccc(N2C(=O)C=CC2=O)cc1. The van der Waals surface area contributed by atoms with E-state index in [0.29, 0.717) is 23.6 Å². The highest BCUT2D eigenvalue weighted by Crippen LogP contribution is 2.28. The Hall–Kier alpha value is -5.13. The Kier molecular flexibility index (Phi) is 9.72. The number of rotatable bonds is 12. The van der Waals surface area contributed by atoms with Crippen molar-refractivity contribution in [2.75, 3.05) is 11.5 Å². The number of anilines is 1. The van der Waals surface area contributed by atoms with Crippen LogP contribution >= 0.6 is 0 Å². The molecule has 0 fully saturated rings. The van der Waals surface area contributed by atoms with Crippen LogP contribution in [0.5, 0.6) is 17.2 Å². The number of imide groups is 1. The quantitative estimate of drug-likeness (QED) is 0.0760. The Balaban J connectivity index is 1.29. The van der Waals surface area contributed by atoms with Crippen LogP contribution < -0.4 is 19.1 Å². The van der Waals surface area contributed by atoms with Gasteiger partial charge in [0, 0.05) is 31.9 Å². The van der Waals surface area contributed by atoms with Crippen molar-refractivity contribution in [1.82, 2.24) is 0 Å². The van der Waals surface area contributed by atoms with E-state index in [1.54, 1.807) is 38.1 Å². The first kappa shape index (κ1) is 31.8. The average molecular weight is 612 g/mol. The van der Waals surface area contributed by atoms with Crippen molar-refractivity contribution in [2.24, 2.45) is 0 Å². The summed E-state index contributed by atoms with van der Waals surface area (Å²) in [4.78, 5) is 50.2. The van der Waals surface area contributed by atoms with Gasteiger partial charge < -0.3 is 18.9 Å². The fourth-order valence-electron chi connectivity index (χ4n) is 3.96. The zero-order valence-corrected chi connectivity index (χ0v) is 23.8. The van der Waals surface area contributed by atoms with Crippen molar-refractivity contribution in [1.29, 1.82) is 0 Å². The van der Waals surface area contributed by atoms with E-state index in [9.17, 15) is 32.3 Å². The summed E-state index contributed by atoms with van der Waals surface area (Å²) in [6.07, 6.45) is -2.70. The molecule has 0 aromatic heterocycles. The topological polar surface area (TPSA) is 108 Å². The smallest absolute Gasteiger partial charge is 0.389 e. The van der Waals surface area contributed by atoms with Crippen molar-refractivity contribution < 1.29 is 51.3 Å². The number of carbonyl (C=O) groups is 4. The molecule has 44 heavy (non-hydrogen) atoms. The van der Waals surface area contributed by atoms with Gasteiger partial charge in [-0.3, -0.25) is 9.59 Å². The molecule has 0 saturated carbocycles. The van der Waals surface area contributed by atoms with Crippen LogP contribution in [0, 0.1) is 0 Å². The Morgan fingerprint density at radius 1 is 0.750 bits per heavy atom. The molecule has 0 radical (unpaired) electrons. The van der Waals surface area contributed by atoms with Crippen molar-refractivity contribution >= 4 is 29.4 Å². The highest BCUT2D eigenvalue weighted by atomic mass is 19.4. The summed E-state index contributed by atoms with van der Waals surface area (Å²) in [6.45, 7) is 3.24. The highest BCUT2D eigenvalue weighted by molar-refractivity contribution is 6.28. The summed E-state index contributed by atoms with van der Waals surface area (Å²) < 4.78 is 58.8. The van der Waals surface area contributed by atoms with E-state index in [1.165, 1.54) is 60.7 Å². The lowest BCUT2D eigenvalue weighted by molar-refractivity contribution is -0.136. The number of benzene rings is 3. The van der Waals surface area contributed by atoms with Crippen molar-refractivity contribution in [3.63, 3.8) is 0 Å². The van der Waals surface area contributed by atoms with Gasteiger partial charge in [-0.2, -0.15) is 13.2 Å². The number of alkyl halides is 3. The molecular formula is C32H28F3NO8. The molecule has 0 saturated heterocycles. The molecule has 1 heterocycles. The molecule has 230 valence electrons. The van der Waals surface area contributed by atoms with E-state index in [0.717, 1.165) is 4.90 Å². The molecule has 0 bridgehead atoms. The van der Waals surface area contributed by atoms with E-state index >= 15 is 0 Å². The molecule has 2 amide bonds. The Labute approximate surface area is 250 Å². The molecule has 3 aromatic rings. The predicted octanol–water partition coefficient (Wildman–Crippen LogP) is 6.42. The summed E-state index contributed by atoms with van der Waals surface area (Å²) in [7, 11) is 0. The minimum absolute atomic E-state index is 0.113. The number of ether oxygens (including phenoxy) is 4. The van der Waals surface area contributed by atoms with Crippen LogP contribution in [0.4, 0.5) is 18.9 Å². The maximum Gasteiger partial charge on any atom is 0.389 e. The number of carbonyl (C=O) groups excluding carboxylic acids is 4. The second-order valence-corrected chi connectivity index (χ2v) is 9.82. The Morgan fingerprint density at radius 2 is 1.27 bits per heavy atom. The summed E-state index contributed by atoms with van der Waals surface area (Å²) in [6, 6.07) is 17.6. The second-order valence-electron chi connectivity index (χ2n) is 9.82. The van der Waals surface area contributed by atoms with Gasteiger partial charge in [-0.05, 0) is 79.2 Å². The van der Waals surface area contributed by atoms with Gasteiger partial charge in [-0.1, -0.05) is 6.92 Å². The predicted molar refractivity (Wildman–Crippen MR) is 151 cm³/mol. The van der Waals surface area contributed by atoms with Crippen LogP contribution in [0.2, 0.25) is 0 Å². The molecule has 1 aliphatic heterocycles. The minimum Gasteiger partial charge on any atom is -0.494 e. The van der Waals surface area contributed by atoms with Gasteiger partial charge in [0.25, 0.3) is 17.6 Å². The maximum absolute atomic E-state index is 12.9. The van der Waals surface area contributed by atoms with Crippen molar-refractivity contribution in [2.45, 2.75) is 45.1 Å². The Bertz CT molecular complexity index is 1520. The van der Waals surface area contributed by atoms with Gasteiger partial charge in [0.2, 0.25) is 0 Å². The zero-order chi connectivity index (χ0) is 31.9. The fourth-order valence-corrected chi connectivity index (χ4v) is 3.96. The number of hydrogen-bond acceptors (Lipinski definition) is 8. The van der Waals surface area contributed by atoms with Crippen LogP contribution in [0.15, 0.2) is 84.9 Å². The monoisotopic (exact) mass is 611 g/mol. The first-order valence-corrected chi connectivity index (χ1v) is 13.6. The van der Waals surface area contributed by atoms with Crippen LogP contribution in [-0.2, 0) is 14.3 Å². The van der Waals surface area contributed by atoms with Crippen LogP contribution in [-0.4, -0.2) is 42.3 Å². The van der Waals surface area contributed by atoms with Crippen molar-refractivity contribution in [3.05, 3.63) is 96.1 Å². The Morgan fingerprint density at radius 3 is 1.82 bits per heavy atom. The number of halogens is 3. The number of hydrogen-bond donors (Lipinski definition) is 0. The normalized spacial score (nSPS) is 14.2. The van der Waals surface area contributed by atoms with Gasteiger partial charge in [-0.15, -0.1) is 0 Å². The summed E-state index contributed by atoms with van der Waals surface area (Å²) >= 11 is 0. The standard InChI is InChI=1S/C32H28F3NO8/c1-3-31(2,43-26-15-9-23(10-16-26)36-27(37)17-18-28(36)38)44-30(40)22-7-13-25(14-8-22)42-29(39)21-5-11-24(12-6-21)41-20-4-19-32(33,34)35/h5-18H,3-4,19-20H2,1-2H3. The molecule has 9 nitrogen and oxygen atoms in total. The lowest BCUT2D eigenvalue weighted by Crippen LogP contribution is -2.37. The molecule has 1 unspecified atom stereocenters.